The van der Waals surface area contributed by atoms with Gasteiger partial charge in [0.05, 0.1) is 6.10 Å². The Hall–Kier alpha value is -1.95. The van der Waals surface area contributed by atoms with E-state index in [1.54, 1.807) is 18.3 Å². The zero-order valence-electron chi connectivity index (χ0n) is 19.8. The summed E-state index contributed by atoms with van der Waals surface area (Å²) in [5.41, 5.74) is 0.151. The number of aliphatic hydroxyl groups excluding tert-OH is 1. The molecule has 2 fully saturated rings. The number of carbonyl (C=O) groups excluding carboxylic acids is 2. The first-order valence-electron chi connectivity index (χ1n) is 11.6. The Balaban J connectivity index is 1.74. The summed E-state index contributed by atoms with van der Waals surface area (Å²) in [6.07, 6.45) is 4.76. The minimum atomic E-state index is -0.566. The fourth-order valence-electron chi connectivity index (χ4n) is 5.91. The van der Waals surface area contributed by atoms with Gasteiger partial charge >= 0.3 is 0 Å². The van der Waals surface area contributed by atoms with Gasteiger partial charge in [-0.2, -0.15) is 0 Å². The Kier molecular flexibility index (Phi) is 6.80. The summed E-state index contributed by atoms with van der Waals surface area (Å²) in [7, 11) is 0. The van der Waals surface area contributed by atoms with Crippen molar-refractivity contribution in [2.75, 3.05) is 0 Å². The number of hydrogen-bond acceptors (Lipinski definition) is 4. The van der Waals surface area contributed by atoms with Gasteiger partial charge in [0.2, 0.25) is 5.91 Å². The zero-order chi connectivity index (χ0) is 23.0. The number of nitrogens with one attached hydrogen (secondary N) is 2. The lowest BCUT2D eigenvalue weighted by Crippen LogP contribution is -2.59. The second-order valence-corrected chi connectivity index (χ2v) is 11.1. The Morgan fingerprint density at radius 2 is 1.90 bits per heavy atom. The molecule has 31 heavy (non-hydrogen) atoms. The van der Waals surface area contributed by atoms with Crippen molar-refractivity contribution in [2.45, 2.75) is 84.9 Å². The summed E-state index contributed by atoms with van der Waals surface area (Å²) >= 11 is 0. The highest BCUT2D eigenvalue weighted by Crippen LogP contribution is 2.55. The second-order valence-electron chi connectivity index (χ2n) is 11.1. The van der Waals surface area contributed by atoms with Gasteiger partial charge in [0, 0.05) is 23.7 Å². The monoisotopic (exact) mass is 429 g/mol. The summed E-state index contributed by atoms with van der Waals surface area (Å²) in [5.74, 6) is -0.340. The van der Waals surface area contributed by atoms with E-state index >= 15 is 0 Å². The predicted octanol–water partition coefficient (Wildman–Crippen LogP) is 3.55. The zero-order valence-corrected chi connectivity index (χ0v) is 19.8. The number of nitrogens with zero attached hydrogens (tertiary/aromatic N) is 1. The van der Waals surface area contributed by atoms with Gasteiger partial charge in [-0.05, 0) is 81.8 Å². The number of aromatic nitrogens is 1. The molecule has 0 saturated heterocycles. The number of hydrogen-bond donors (Lipinski definition) is 3. The summed E-state index contributed by atoms with van der Waals surface area (Å²) in [5, 5.41) is 17.7. The fourth-order valence-corrected chi connectivity index (χ4v) is 5.91. The third kappa shape index (κ3) is 5.11. The molecule has 0 spiro atoms. The van der Waals surface area contributed by atoms with Crippen molar-refractivity contribution in [1.29, 1.82) is 0 Å². The normalized spacial score (nSPS) is 34.4. The first-order chi connectivity index (χ1) is 14.4. The number of pyridine rings is 1. The highest BCUT2D eigenvalue weighted by atomic mass is 16.3. The number of amides is 2. The molecule has 1 aromatic rings. The van der Waals surface area contributed by atoms with Crippen LogP contribution in [0.25, 0.3) is 0 Å². The lowest BCUT2D eigenvalue weighted by atomic mass is 9.51. The number of carbonyl (C=O) groups is 2. The third-order valence-corrected chi connectivity index (χ3v) is 7.66. The van der Waals surface area contributed by atoms with E-state index in [0.29, 0.717) is 5.69 Å². The van der Waals surface area contributed by atoms with E-state index in [0.717, 1.165) is 25.7 Å². The molecule has 1 aromatic heterocycles. The Morgan fingerprint density at radius 3 is 2.52 bits per heavy atom. The van der Waals surface area contributed by atoms with Crippen molar-refractivity contribution in [3.05, 3.63) is 30.1 Å². The SMILES string of the molecule is C[C@H]1[C@@H]2[C@@H](O)[C@H]([C@H](C)C(=O)NC(C)(C)C)CC[C@@]2(C)CC[C@@H]1NC(=O)c1ccccn1. The summed E-state index contributed by atoms with van der Waals surface area (Å²) in [6, 6.07) is 5.30. The van der Waals surface area contributed by atoms with E-state index < -0.39 is 6.10 Å². The molecule has 0 unspecified atom stereocenters. The second kappa shape index (κ2) is 8.89. The Labute approximate surface area is 186 Å². The quantitative estimate of drug-likeness (QED) is 0.683. The first kappa shape index (κ1) is 23.7. The number of fused-ring (bicyclic) bond motifs is 1. The van der Waals surface area contributed by atoms with Crippen molar-refractivity contribution in [3.63, 3.8) is 0 Å². The van der Waals surface area contributed by atoms with Crippen LogP contribution in [0.5, 0.6) is 0 Å². The molecule has 6 nitrogen and oxygen atoms in total. The maximum absolute atomic E-state index is 12.8. The molecule has 172 valence electrons. The van der Waals surface area contributed by atoms with Gasteiger partial charge in [-0.3, -0.25) is 14.6 Å². The molecule has 2 aliphatic rings. The molecule has 3 rings (SSSR count). The van der Waals surface area contributed by atoms with Gasteiger partial charge < -0.3 is 15.7 Å². The van der Waals surface area contributed by atoms with Gasteiger partial charge in [0.25, 0.3) is 5.91 Å². The largest absolute Gasteiger partial charge is 0.392 e. The summed E-state index contributed by atoms with van der Waals surface area (Å²) < 4.78 is 0. The predicted molar refractivity (Wildman–Crippen MR) is 121 cm³/mol. The average Bonchev–Trinajstić information content (AvgIpc) is 2.69. The van der Waals surface area contributed by atoms with E-state index in [-0.39, 0.29) is 52.5 Å². The molecule has 7 atom stereocenters. The molecular formula is C25H39N3O3. The van der Waals surface area contributed by atoms with E-state index in [1.807, 2.05) is 33.8 Å². The van der Waals surface area contributed by atoms with E-state index in [2.05, 4.69) is 29.5 Å². The first-order valence-corrected chi connectivity index (χ1v) is 11.6. The maximum Gasteiger partial charge on any atom is 0.270 e. The van der Waals surface area contributed by atoms with Crippen LogP contribution in [0.1, 0.15) is 77.7 Å². The maximum atomic E-state index is 12.8. The van der Waals surface area contributed by atoms with Crippen LogP contribution < -0.4 is 10.6 Å². The molecule has 6 heteroatoms. The Bertz CT molecular complexity index is 791. The lowest BCUT2D eigenvalue weighted by Gasteiger charge is -2.56. The summed E-state index contributed by atoms with van der Waals surface area (Å²) in [6.45, 7) is 12.3. The van der Waals surface area contributed by atoms with Crippen molar-refractivity contribution < 1.29 is 14.7 Å². The van der Waals surface area contributed by atoms with Crippen LogP contribution in [0, 0.1) is 29.1 Å². The molecule has 0 aliphatic heterocycles. The minimum absolute atomic E-state index is 0.00335. The van der Waals surface area contributed by atoms with Crippen LogP contribution in [0.15, 0.2) is 24.4 Å². The molecule has 3 N–H and O–H groups in total. The van der Waals surface area contributed by atoms with E-state index in [4.69, 9.17) is 0 Å². The van der Waals surface area contributed by atoms with Crippen molar-refractivity contribution in [2.24, 2.45) is 29.1 Å². The van der Waals surface area contributed by atoms with Crippen molar-refractivity contribution in [1.82, 2.24) is 15.6 Å². The minimum Gasteiger partial charge on any atom is -0.392 e. The van der Waals surface area contributed by atoms with Gasteiger partial charge in [-0.1, -0.05) is 26.8 Å². The van der Waals surface area contributed by atoms with Crippen molar-refractivity contribution >= 4 is 11.8 Å². The summed E-state index contributed by atoms with van der Waals surface area (Å²) in [4.78, 5) is 29.6. The standard InChI is InChI=1S/C25H39N3O3/c1-15(22(30)28-24(3,4)5)17-10-12-25(6)13-11-18(16(2)20(25)21(17)29)27-23(31)19-9-7-8-14-26-19/h7-9,14-18,20-21,29H,10-13H2,1-6H3,(H,27,31)(H,28,30)/t15-,16+,17-,18-,20+,21-,25-/m0/s1. The van der Waals surface area contributed by atoms with Gasteiger partial charge in [0.15, 0.2) is 0 Å². The fraction of sp³-hybridized carbons (Fsp3) is 0.720. The topological polar surface area (TPSA) is 91.3 Å². The number of aliphatic hydroxyl groups is 1. The molecule has 2 aliphatic carbocycles. The molecule has 2 amide bonds. The average molecular weight is 430 g/mol. The van der Waals surface area contributed by atoms with Gasteiger partial charge in [0.1, 0.15) is 5.69 Å². The van der Waals surface area contributed by atoms with Crippen LogP contribution in [-0.4, -0.2) is 39.6 Å². The highest BCUT2D eigenvalue weighted by molar-refractivity contribution is 5.92. The molecule has 1 heterocycles. The van der Waals surface area contributed by atoms with E-state index in [1.165, 1.54) is 0 Å². The van der Waals surface area contributed by atoms with Gasteiger partial charge in [-0.15, -0.1) is 0 Å². The lowest BCUT2D eigenvalue weighted by molar-refractivity contribution is -0.143. The van der Waals surface area contributed by atoms with E-state index in [9.17, 15) is 14.7 Å². The third-order valence-electron chi connectivity index (χ3n) is 7.66. The highest BCUT2D eigenvalue weighted by Gasteiger charge is 2.54. The molecule has 0 radical (unpaired) electrons. The number of rotatable bonds is 4. The van der Waals surface area contributed by atoms with Crippen LogP contribution in [0.4, 0.5) is 0 Å². The van der Waals surface area contributed by atoms with Crippen LogP contribution >= 0.6 is 0 Å². The smallest absolute Gasteiger partial charge is 0.270 e. The van der Waals surface area contributed by atoms with Gasteiger partial charge in [-0.25, -0.2) is 0 Å². The van der Waals surface area contributed by atoms with Crippen molar-refractivity contribution in [3.8, 4) is 0 Å². The molecular weight excluding hydrogens is 390 g/mol. The molecule has 0 aromatic carbocycles. The van der Waals surface area contributed by atoms with Crippen LogP contribution in [0.2, 0.25) is 0 Å². The van der Waals surface area contributed by atoms with Crippen LogP contribution in [-0.2, 0) is 4.79 Å². The Morgan fingerprint density at radius 1 is 1.23 bits per heavy atom. The molecule has 2 saturated carbocycles. The van der Waals surface area contributed by atoms with Crippen LogP contribution in [0.3, 0.4) is 0 Å². The molecule has 0 bridgehead atoms.